The summed E-state index contributed by atoms with van der Waals surface area (Å²) < 4.78 is 6.51. The van der Waals surface area contributed by atoms with Gasteiger partial charge in [-0.25, -0.2) is 4.98 Å². The Morgan fingerprint density at radius 1 is 1.06 bits per heavy atom. The molecular formula is C29H28N2O4S. The number of nitrogens with zero attached hydrogens (tertiary/aromatic N) is 2. The number of hydrogen-bond acceptors (Lipinski definition) is 6. The van der Waals surface area contributed by atoms with Crippen LogP contribution in [0.2, 0.25) is 0 Å². The van der Waals surface area contributed by atoms with Crippen LogP contribution in [0.25, 0.3) is 10.2 Å². The van der Waals surface area contributed by atoms with Gasteiger partial charge in [-0.05, 0) is 66.6 Å². The average Bonchev–Trinajstić information content (AvgIpc) is 3.49. The third-order valence-corrected chi connectivity index (χ3v) is 7.54. The Morgan fingerprint density at radius 2 is 1.75 bits per heavy atom. The molecule has 1 aliphatic rings. The second-order valence-corrected chi connectivity index (χ2v) is 11.4. The van der Waals surface area contributed by atoms with Crippen molar-refractivity contribution in [1.29, 1.82) is 0 Å². The zero-order valence-corrected chi connectivity index (χ0v) is 22.0. The number of thiazole rings is 1. The fourth-order valence-corrected chi connectivity index (χ4v) is 5.83. The zero-order chi connectivity index (χ0) is 25.9. The highest BCUT2D eigenvalue weighted by atomic mass is 32.1. The first kappa shape index (κ1) is 24.0. The molecule has 4 aromatic rings. The molecule has 36 heavy (non-hydrogen) atoms. The summed E-state index contributed by atoms with van der Waals surface area (Å²) in [5.41, 5.74) is 4.66. The number of carbonyl (C=O) groups excluding carboxylic acids is 2. The van der Waals surface area contributed by atoms with Crippen LogP contribution in [0.5, 0.6) is 0 Å². The highest BCUT2D eigenvalue weighted by Gasteiger charge is 2.46. The number of Topliss-reactive ketones (excluding diaryl/α,β-unsaturated/α-hetero) is 1. The highest BCUT2D eigenvalue weighted by Crippen LogP contribution is 2.45. The van der Waals surface area contributed by atoms with Gasteiger partial charge in [0.25, 0.3) is 5.91 Å². The van der Waals surface area contributed by atoms with Crippen LogP contribution < -0.4 is 4.90 Å². The topological polar surface area (TPSA) is 83.6 Å². The van der Waals surface area contributed by atoms with Crippen molar-refractivity contribution in [3.05, 3.63) is 93.6 Å². The Morgan fingerprint density at radius 3 is 2.36 bits per heavy atom. The van der Waals surface area contributed by atoms with Gasteiger partial charge in [-0.15, -0.1) is 0 Å². The number of rotatable bonds is 4. The van der Waals surface area contributed by atoms with Gasteiger partial charge >= 0.3 is 0 Å². The molecule has 6 nitrogen and oxygen atoms in total. The van der Waals surface area contributed by atoms with E-state index in [2.05, 4.69) is 20.8 Å². The maximum atomic E-state index is 13.6. The molecule has 0 unspecified atom stereocenters. The van der Waals surface area contributed by atoms with E-state index in [4.69, 9.17) is 9.40 Å². The van der Waals surface area contributed by atoms with Crippen LogP contribution in [0.15, 0.2) is 64.3 Å². The van der Waals surface area contributed by atoms with Crippen molar-refractivity contribution in [1.82, 2.24) is 4.98 Å². The molecule has 0 saturated heterocycles. The normalized spacial score (nSPS) is 16.4. The summed E-state index contributed by atoms with van der Waals surface area (Å²) in [6, 6.07) is 14.3. The standard InChI is InChI=1S/C29H28N2O4S/c1-15-13-16(2)23-21(14-15)36-28(30-23)31-24(18-8-10-19(11-9-18)29(4,5)6)22(26(33)27(31)34)25(32)20-12-7-17(3)35-20/h7-14,24,33H,1-6H3/t24-/m1/s1. The molecule has 5 rings (SSSR count). The van der Waals surface area contributed by atoms with Gasteiger partial charge in [-0.2, -0.15) is 0 Å². The first-order valence-corrected chi connectivity index (χ1v) is 12.6. The number of fused-ring (bicyclic) bond motifs is 1. The van der Waals surface area contributed by atoms with Crippen molar-refractivity contribution in [3.63, 3.8) is 0 Å². The summed E-state index contributed by atoms with van der Waals surface area (Å²) in [7, 11) is 0. The van der Waals surface area contributed by atoms with E-state index in [-0.39, 0.29) is 16.7 Å². The lowest BCUT2D eigenvalue weighted by Gasteiger charge is -2.25. The molecule has 2 aromatic heterocycles. The van der Waals surface area contributed by atoms with Gasteiger partial charge in [0.15, 0.2) is 16.7 Å². The number of furan rings is 1. The summed E-state index contributed by atoms with van der Waals surface area (Å²) in [6.45, 7) is 12.1. The first-order chi connectivity index (χ1) is 17.0. The molecule has 1 aliphatic heterocycles. The number of aliphatic hydroxyl groups excluding tert-OH is 1. The van der Waals surface area contributed by atoms with Crippen LogP contribution in [0, 0.1) is 20.8 Å². The third kappa shape index (κ3) is 3.93. The average molecular weight is 501 g/mol. The summed E-state index contributed by atoms with van der Waals surface area (Å²) >= 11 is 1.37. The highest BCUT2D eigenvalue weighted by molar-refractivity contribution is 7.22. The lowest BCUT2D eigenvalue weighted by molar-refractivity contribution is -0.117. The van der Waals surface area contributed by atoms with E-state index in [1.165, 1.54) is 16.2 Å². The summed E-state index contributed by atoms with van der Waals surface area (Å²) in [4.78, 5) is 33.3. The summed E-state index contributed by atoms with van der Waals surface area (Å²) in [6.07, 6.45) is 0. The number of ketones is 1. The molecule has 1 N–H and O–H groups in total. The van der Waals surface area contributed by atoms with Gasteiger partial charge in [-0.3, -0.25) is 14.5 Å². The molecule has 0 radical (unpaired) electrons. The van der Waals surface area contributed by atoms with Crippen molar-refractivity contribution in [2.24, 2.45) is 0 Å². The summed E-state index contributed by atoms with van der Waals surface area (Å²) in [5, 5.41) is 11.4. The predicted molar refractivity (Wildman–Crippen MR) is 142 cm³/mol. The maximum Gasteiger partial charge on any atom is 0.296 e. The molecular weight excluding hydrogens is 472 g/mol. The third-order valence-electron chi connectivity index (χ3n) is 6.53. The smallest absolute Gasteiger partial charge is 0.296 e. The van der Waals surface area contributed by atoms with Crippen LogP contribution >= 0.6 is 11.3 Å². The Hall–Kier alpha value is -3.71. The van der Waals surface area contributed by atoms with Crippen molar-refractivity contribution in [3.8, 4) is 0 Å². The Balaban J connectivity index is 1.68. The van der Waals surface area contributed by atoms with Gasteiger partial charge in [0.2, 0.25) is 5.78 Å². The van der Waals surface area contributed by atoms with Gasteiger partial charge < -0.3 is 9.52 Å². The molecule has 2 aromatic carbocycles. The number of aliphatic hydroxyl groups is 1. The second kappa shape index (κ2) is 8.45. The molecule has 1 amide bonds. The SMILES string of the molecule is Cc1cc(C)c2nc(N3C(=O)C(O)=C(C(=O)c4ccc(C)o4)[C@H]3c3ccc(C(C)(C)C)cc3)sc2c1. The molecule has 0 saturated carbocycles. The van der Waals surface area contributed by atoms with E-state index < -0.39 is 23.5 Å². The Bertz CT molecular complexity index is 1550. The number of anilines is 1. The van der Waals surface area contributed by atoms with Gasteiger partial charge in [-0.1, -0.05) is 62.4 Å². The molecule has 184 valence electrons. The molecule has 3 heterocycles. The molecule has 1 atom stereocenters. The van der Waals surface area contributed by atoms with E-state index in [0.29, 0.717) is 16.5 Å². The van der Waals surface area contributed by atoms with Crippen molar-refractivity contribution >= 4 is 38.4 Å². The van der Waals surface area contributed by atoms with E-state index in [1.807, 2.05) is 50.2 Å². The van der Waals surface area contributed by atoms with E-state index in [9.17, 15) is 14.7 Å². The minimum atomic E-state index is -0.841. The Kier molecular flexibility index (Phi) is 5.63. The lowest BCUT2D eigenvalue weighted by atomic mass is 9.85. The van der Waals surface area contributed by atoms with Gasteiger partial charge in [0.05, 0.1) is 21.8 Å². The Labute approximate surface area is 213 Å². The first-order valence-electron chi connectivity index (χ1n) is 11.8. The van der Waals surface area contributed by atoms with Crippen molar-refractivity contribution in [2.45, 2.75) is 53.0 Å². The van der Waals surface area contributed by atoms with Crippen LogP contribution in [0.4, 0.5) is 5.13 Å². The van der Waals surface area contributed by atoms with Gasteiger partial charge in [0, 0.05) is 0 Å². The van der Waals surface area contributed by atoms with Crippen LogP contribution in [-0.2, 0) is 10.2 Å². The molecule has 7 heteroatoms. The lowest BCUT2D eigenvalue weighted by Crippen LogP contribution is -2.31. The molecule has 0 bridgehead atoms. The fourth-order valence-electron chi connectivity index (χ4n) is 4.67. The van der Waals surface area contributed by atoms with Crippen molar-refractivity contribution < 1.29 is 19.1 Å². The van der Waals surface area contributed by atoms with Crippen LogP contribution in [-0.4, -0.2) is 21.8 Å². The van der Waals surface area contributed by atoms with E-state index in [1.54, 1.807) is 19.1 Å². The largest absolute Gasteiger partial charge is 0.503 e. The number of benzene rings is 2. The molecule has 0 spiro atoms. The number of hydrogen-bond donors (Lipinski definition) is 1. The number of aromatic nitrogens is 1. The van der Waals surface area contributed by atoms with Crippen molar-refractivity contribution in [2.75, 3.05) is 4.90 Å². The van der Waals surface area contributed by atoms with E-state index >= 15 is 0 Å². The number of carbonyl (C=O) groups is 2. The second-order valence-electron chi connectivity index (χ2n) is 10.4. The minimum absolute atomic E-state index is 0.00924. The monoisotopic (exact) mass is 500 g/mol. The fraction of sp³-hybridized carbons (Fsp3) is 0.276. The number of aryl methyl sites for hydroxylation is 3. The van der Waals surface area contributed by atoms with E-state index in [0.717, 1.165) is 26.9 Å². The molecule has 0 aliphatic carbocycles. The van der Waals surface area contributed by atoms with Crippen LogP contribution in [0.3, 0.4) is 0 Å². The van der Waals surface area contributed by atoms with Gasteiger partial charge in [0.1, 0.15) is 5.76 Å². The quantitative estimate of drug-likeness (QED) is 0.308. The summed E-state index contributed by atoms with van der Waals surface area (Å²) in [5.74, 6) is -1.10. The number of amides is 1. The predicted octanol–water partition coefficient (Wildman–Crippen LogP) is 6.89. The minimum Gasteiger partial charge on any atom is -0.503 e. The van der Waals surface area contributed by atoms with Crippen LogP contribution in [0.1, 0.15) is 65.4 Å². The zero-order valence-electron chi connectivity index (χ0n) is 21.2. The maximum absolute atomic E-state index is 13.6. The molecule has 0 fully saturated rings.